The average Bonchev–Trinajstić information content (AvgIpc) is 3.52. The van der Waals surface area contributed by atoms with Gasteiger partial charge in [0.1, 0.15) is 0 Å². The Kier molecular flexibility index (Phi) is 6.80. The van der Waals surface area contributed by atoms with Gasteiger partial charge in [-0.05, 0) is 71.8 Å². The highest BCUT2D eigenvalue weighted by Crippen LogP contribution is 2.17. The highest BCUT2D eigenvalue weighted by molar-refractivity contribution is 5.83. The molecule has 33 heavy (non-hydrogen) atoms. The second-order valence-corrected chi connectivity index (χ2v) is 8.54. The molecule has 3 heterocycles. The molecule has 0 aliphatic carbocycles. The summed E-state index contributed by atoms with van der Waals surface area (Å²) in [5.41, 5.74) is 6.78. The van der Waals surface area contributed by atoms with E-state index in [1.165, 1.54) is 22.9 Å². The van der Waals surface area contributed by atoms with E-state index >= 15 is 0 Å². The Morgan fingerprint density at radius 2 is 1.70 bits per heavy atom. The van der Waals surface area contributed by atoms with Gasteiger partial charge in [-0.1, -0.05) is 48.6 Å². The number of aromatic nitrogens is 3. The van der Waals surface area contributed by atoms with Crippen LogP contribution in [0, 0.1) is 0 Å². The van der Waals surface area contributed by atoms with E-state index in [-0.39, 0.29) is 0 Å². The summed E-state index contributed by atoms with van der Waals surface area (Å²) in [7, 11) is 0. The first-order chi connectivity index (χ1) is 16.3. The zero-order valence-corrected chi connectivity index (χ0v) is 18.8. The second kappa shape index (κ2) is 10.5. The fraction of sp³-hybridized carbons (Fsp3) is 0.250. The van der Waals surface area contributed by atoms with Gasteiger partial charge in [-0.3, -0.25) is 10.00 Å². The molecule has 0 spiro atoms. The van der Waals surface area contributed by atoms with E-state index in [9.17, 15) is 0 Å². The number of rotatable bonds is 8. The molecule has 5 rings (SSSR count). The monoisotopic (exact) mass is 438 g/mol. The largest absolute Gasteiger partial charge is 0.379 e. The minimum absolute atomic E-state index is 0.874. The Morgan fingerprint density at radius 1 is 0.879 bits per heavy atom. The number of aromatic amines is 2. The van der Waals surface area contributed by atoms with Crippen molar-refractivity contribution in [3.05, 3.63) is 88.9 Å². The molecule has 1 fully saturated rings. The van der Waals surface area contributed by atoms with Crippen LogP contribution < -0.4 is 0 Å². The first-order valence-corrected chi connectivity index (χ1v) is 11.7. The third kappa shape index (κ3) is 5.89. The van der Waals surface area contributed by atoms with E-state index in [1.807, 2.05) is 12.3 Å². The Bertz CT molecular complexity index is 1230. The van der Waals surface area contributed by atoms with Crippen LogP contribution >= 0.6 is 0 Å². The zero-order chi connectivity index (χ0) is 22.3. The van der Waals surface area contributed by atoms with Crippen molar-refractivity contribution in [2.45, 2.75) is 12.8 Å². The summed E-state index contributed by atoms with van der Waals surface area (Å²) < 4.78 is 5.42. The number of ether oxygens (including phenoxy) is 1. The lowest BCUT2D eigenvalue weighted by molar-refractivity contribution is 0.0375. The molecule has 2 aromatic heterocycles. The normalized spacial score (nSPS) is 15.3. The van der Waals surface area contributed by atoms with Crippen molar-refractivity contribution in [1.82, 2.24) is 20.1 Å². The summed E-state index contributed by atoms with van der Waals surface area (Å²) in [6, 6.07) is 19.4. The van der Waals surface area contributed by atoms with Gasteiger partial charge in [-0.15, -0.1) is 0 Å². The van der Waals surface area contributed by atoms with Crippen LogP contribution in [0.3, 0.4) is 0 Å². The number of nitrogens with one attached hydrogen (secondary N) is 2. The number of fused-ring (bicyclic) bond motifs is 1. The maximum absolute atomic E-state index is 5.42. The molecular weight excluding hydrogens is 408 g/mol. The molecule has 1 aliphatic heterocycles. The minimum atomic E-state index is 0.874. The lowest BCUT2D eigenvalue weighted by atomic mass is 10.1. The van der Waals surface area contributed by atoms with Crippen molar-refractivity contribution in [3.8, 4) is 0 Å². The van der Waals surface area contributed by atoms with Crippen LogP contribution in [0.5, 0.6) is 0 Å². The van der Waals surface area contributed by atoms with Gasteiger partial charge in [0.25, 0.3) is 0 Å². The van der Waals surface area contributed by atoms with Crippen LogP contribution in [0.2, 0.25) is 0 Å². The average molecular weight is 439 g/mol. The molecule has 0 radical (unpaired) electrons. The Balaban J connectivity index is 1.13. The number of morpholine rings is 1. The van der Waals surface area contributed by atoms with Gasteiger partial charge in [0.2, 0.25) is 0 Å². The van der Waals surface area contributed by atoms with E-state index in [2.05, 4.69) is 92.9 Å². The SMILES string of the molecule is C(=Cc1cc(/C=C/c2ccc3cc[nH]c3c2)n[nH]1)c1ccc(CCCN2CCOCC2)cc1. The van der Waals surface area contributed by atoms with E-state index in [1.54, 1.807) is 0 Å². The van der Waals surface area contributed by atoms with E-state index in [4.69, 9.17) is 4.74 Å². The summed E-state index contributed by atoms with van der Waals surface area (Å²) in [6.45, 7) is 5.04. The summed E-state index contributed by atoms with van der Waals surface area (Å²) in [6.07, 6.45) is 12.6. The van der Waals surface area contributed by atoms with Crippen molar-refractivity contribution in [2.24, 2.45) is 0 Å². The Labute approximate surface area is 194 Å². The fourth-order valence-electron chi connectivity index (χ4n) is 4.19. The molecule has 1 saturated heterocycles. The molecule has 5 nitrogen and oxygen atoms in total. The Hall–Kier alpha value is -3.41. The fourth-order valence-corrected chi connectivity index (χ4v) is 4.19. The summed E-state index contributed by atoms with van der Waals surface area (Å²) in [5.74, 6) is 0. The lowest BCUT2D eigenvalue weighted by Crippen LogP contribution is -2.36. The zero-order valence-electron chi connectivity index (χ0n) is 18.8. The highest BCUT2D eigenvalue weighted by Gasteiger charge is 2.09. The topological polar surface area (TPSA) is 56.9 Å². The van der Waals surface area contributed by atoms with Gasteiger partial charge in [-0.2, -0.15) is 5.10 Å². The maximum atomic E-state index is 5.42. The summed E-state index contributed by atoms with van der Waals surface area (Å²) in [5, 5.41) is 8.72. The lowest BCUT2D eigenvalue weighted by Gasteiger charge is -2.26. The Morgan fingerprint density at radius 3 is 2.58 bits per heavy atom. The van der Waals surface area contributed by atoms with Crippen LogP contribution in [-0.2, 0) is 11.2 Å². The van der Waals surface area contributed by atoms with E-state index in [0.717, 1.165) is 61.7 Å². The van der Waals surface area contributed by atoms with Crippen molar-refractivity contribution >= 4 is 35.2 Å². The third-order valence-corrected chi connectivity index (χ3v) is 6.12. The first kappa shape index (κ1) is 21.4. The van der Waals surface area contributed by atoms with Gasteiger partial charge in [0, 0.05) is 24.8 Å². The van der Waals surface area contributed by atoms with Crippen molar-refractivity contribution in [2.75, 3.05) is 32.8 Å². The molecule has 0 amide bonds. The smallest absolute Gasteiger partial charge is 0.0854 e. The molecule has 0 atom stereocenters. The first-order valence-electron chi connectivity index (χ1n) is 11.7. The number of hydrogen-bond donors (Lipinski definition) is 2. The molecule has 2 N–H and O–H groups in total. The van der Waals surface area contributed by atoms with Gasteiger partial charge in [0.05, 0.1) is 24.6 Å². The molecule has 0 saturated carbocycles. The third-order valence-electron chi connectivity index (χ3n) is 6.12. The van der Waals surface area contributed by atoms with Crippen molar-refractivity contribution in [1.29, 1.82) is 0 Å². The van der Waals surface area contributed by atoms with Gasteiger partial charge in [-0.25, -0.2) is 0 Å². The number of H-pyrrole nitrogens is 2. The summed E-state index contributed by atoms with van der Waals surface area (Å²) >= 11 is 0. The number of benzene rings is 2. The molecular formula is C28H30N4O. The molecule has 0 unspecified atom stereocenters. The summed E-state index contributed by atoms with van der Waals surface area (Å²) in [4.78, 5) is 5.75. The predicted octanol–water partition coefficient (Wildman–Crippen LogP) is 5.50. The van der Waals surface area contributed by atoms with Crippen molar-refractivity contribution < 1.29 is 4.74 Å². The quantitative estimate of drug-likeness (QED) is 0.382. The number of nitrogens with zero attached hydrogens (tertiary/aromatic N) is 2. The molecule has 0 bridgehead atoms. The molecule has 5 heteroatoms. The van der Waals surface area contributed by atoms with Crippen LogP contribution in [0.15, 0.2) is 60.8 Å². The second-order valence-electron chi connectivity index (χ2n) is 8.54. The van der Waals surface area contributed by atoms with Crippen LogP contribution in [0.1, 0.15) is 34.5 Å². The van der Waals surface area contributed by atoms with Crippen molar-refractivity contribution in [3.63, 3.8) is 0 Å². The van der Waals surface area contributed by atoms with Gasteiger partial charge >= 0.3 is 0 Å². The molecule has 1 aliphatic rings. The number of aryl methyl sites for hydroxylation is 1. The van der Waals surface area contributed by atoms with Gasteiger partial charge < -0.3 is 9.72 Å². The maximum Gasteiger partial charge on any atom is 0.0854 e. The van der Waals surface area contributed by atoms with E-state index in [0.29, 0.717) is 0 Å². The predicted molar refractivity (Wildman–Crippen MR) is 137 cm³/mol. The van der Waals surface area contributed by atoms with E-state index < -0.39 is 0 Å². The van der Waals surface area contributed by atoms with Crippen LogP contribution in [-0.4, -0.2) is 52.9 Å². The van der Waals surface area contributed by atoms with Crippen LogP contribution in [0.25, 0.3) is 35.2 Å². The highest BCUT2D eigenvalue weighted by atomic mass is 16.5. The molecule has 4 aromatic rings. The molecule has 168 valence electrons. The standard InChI is InChI=1S/C28H30N4O/c1(15-32-16-18-33-19-17-32)2-22-3-5-23(6-4-22)8-11-26-21-27(31-30-26)12-9-24-7-10-25-13-14-29-28(25)20-24/h3-14,20-21,29H,1-2,15-19H2,(H,30,31)/b11-8?,12-9+. The molecule has 2 aromatic carbocycles. The number of hydrogen-bond acceptors (Lipinski definition) is 3. The van der Waals surface area contributed by atoms with Crippen LogP contribution in [0.4, 0.5) is 0 Å². The van der Waals surface area contributed by atoms with Gasteiger partial charge in [0.15, 0.2) is 0 Å². The minimum Gasteiger partial charge on any atom is -0.379 e.